The van der Waals surface area contributed by atoms with Gasteiger partial charge in [0.05, 0.1) is 5.39 Å². The van der Waals surface area contributed by atoms with Crippen LogP contribution in [0, 0.1) is 26.6 Å². The summed E-state index contributed by atoms with van der Waals surface area (Å²) >= 11 is 1.52. The lowest BCUT2D eigenvalue weighted by Gasteiger charge is -2.10. The zero-order chi connectivity index (χ0) is 23.8. The highest BCUT2D eigenvalue weighted by Crippen LogP contribution is 2.37. The largest absolute Gasteiger partial charge is 0.469 e. The van der Waals surface area contributed by atoms with Crippen molar-refractivity contribution in [3.63, 3.8) is 0 Å². The molecule has 170 valence electrons. The number of aryl methyl sites for hydroxylation is 2. The van der Waals surface area contributed by atoms with Crippen LogP contribution >= 0.6 is 11.3 Å². The van der Waals surface area contributed by atoms with E-state index in [0.29, 0.717) is 11.4 Å². The number of aromatic nitrogens is 3. The highest BCUT2D eigenvalue weighted by molar-refractivity contribution is 7.17. The monoisotopic (exact) mass is 471 g/mol. The molecule has 0 spiro atoms. The summed E-state index contributed by atoms with van der Waals surface area (Å²) in [4.78, 5) is 22.6. The molecule has 5 nitrogen and oxygen atoms in total. The molecule has 34 heavy (non-hydrogen) atoms. The number of benzene rings is 2. The van der Waals surface area contributed by atoms with Gasteiger partial charge in [-0.2, -0.15) is 0 Å². The van der Waals surface area contributed by atoms with Gasteiger partial charge in [-0.1, -0.05) is 29.8 Å². The van der Waals surface area contributed by atoms with E-state index in [2.05, 4.69) is 34.2 Å². The summed E-state index contributed by atoms with van der Waals surface area (Å²) in [7, 11) is 0. The van der Waals surface area contributed by atoms with Crippen molar-refractivity contribution in [2.75, 3.05) is 6.61 Å². The van der Waals surface area contributed by atoms with Crippen LogP contribution in [0.3, 0.4) is 0 Å². The molecule has 3 heterocycles. The lowest BCUT2D eigenvalue weighted by atomic mass is 10.0. The topological polar surface area (TPSA) is 57.0 Å². The van der Waals surface area contributed by atoms with Crippen LogP contribution < -0.4 is 4.74 Å². The molecule has 0 amide bonds. The first kappa shape index (κ1) is 22.0. The molecule has 0 N–H and O–H groups in total. The molecule has 0 aliphatic carbocycles. The van der Waals surface area contributed by atoms with Crippen LogP contribution in [0.1, 0.15) is 27.3 Å². The molecule has 5 rings (SSSR count). The van der Waals surface area contributed by atoms with Gasteiger partial charge in [-0.3, -0.25) is 4.79 Å². The number of hydrogen-bond donors (Lipinski definition) is 0. The van der Waals surface area contributed by atoms with Gasteiger partial charge in [0.1, 0.15) is 17.0 Å². The van der Waals surface area contributed by atoms with Crippen molar-refractivity contribution in [3.05, 3.63) is 94.6 Å². The number of Topliss-reactive ketones (excluding diaryl/α,β-unsaturated/α-hetero) is 1. The molecule has 0 radical (unpaired) electrons. The van der Waals surface area contributed by atoms with Gasteiger partial charge in [0, 0.05) is 33.6 Å². The van der Waals surface area contributed by atoms with Crippen LogP contribution in [0.25, 0.3) is 27.0 Å². The molecular weight excluding hydrogens is 449 g/mol. The molecule has 2 aromatic carbocycles. The van der Waals surface area contributed by atoms with E-state index < -0.39 is 0 Å². The van der Waals surface area contributed by atoms with E-state index in [1.54, 1.807) is 12.1 Å². The van der Waals surface area contributed by atoms with Crippen molar-refractivity contribution < 1.29 is 13.9 Å². The first-order valence-electron chi connectivity index (χ1n) is 10.8. The Labute approximate surface area is 200 Å². The fraction of sp³-hybridized carbons (Fsp3) is 0.148. The smallest absolute Gasteiger partial charge is 0.226 e. The molecule has 0 aliphatic heterocycles. The fourth-order valence-electron chi connectivity index (χ4n) is 4.15. The van der Waals surface area contributed by atoms with Crippen LogP contribution in [0.15, 0.2) is 66.3 Å². The Morgan fingerprint density at radius 1 is 1.03 bits per heavy atom. The number of carbonyl (C=O) groups excluding carboxylic acids is 1. The van der Waals surface area contributed by atoms with Gasteiger partial charge in [-0.05, 0) is 56.7 Å². The summed E-state index contributed by atoms with van der Waals surface area (Å²) in [5.41, 5.74) is 6.24. The molecule has 0 unspecified atom stereocenters. The predicted molar refractivity (Wildman–Crippen MR) is 133 cm³/mol. The number of fused-ring (bicyclic) bond motifs is 1. The molecule has 0 aliphatic rings. The quantitative estimate of drug-likeness (QED) is 0.266. The average Bonchev–Trinajstić information content (AvgIpc) is 3.40. The lowest BCUT2D eigenvalue weighted by molar-refractivity contribution is 0.0918. The van der Waals surface area contributed by atoms with Crippen molar-refractivity contribution in [2.24, 2.45) is 0 Å². The van der Waals surface area contributed by atoms with E-state index >= 15 is 0 Å². The van der Waals surface area contributed by atoms with Gasteiger partial charge in [0.2, 0.25) is 11.7 Å². The van der Waals surface area contributed by atoms with Gasteiger partial charge >= 0.3 is 0 Å². The third-order valence-corrected chi connectivity index (χ3v) is 6.74. The predicted octanol–water partition coefficient (Wildman–Crippen LogP) is 6.48. The second kappa shape index (κ2) is 8.83. The standard InChI is InChI=1S/C27H22FN3O2S/c1-16-4-6-19(7-5-16)23-14-34-27-25(23)26(29-15-30-27)33-13-24(32)22-12-17(2)31(18(22)3)21-10-8-20(28)9-11-21/h4-12,14-15H,13H2,1-3H3. The van der Waals surface area contributed by atoms with Gasteiger partial charge in [-0.15, -0.1) is 11.3 Å². The van der Waals surface area contributed by atoms with E-state index in [4.69, 9.17) is 4.74 Å². The number of nitrogens with zero attached hydrogens (tertiary/aromatic N) is 3. The first-order valence-corrected chi connectivity index (χ1v) is 11.7. The van der Waals surface area contributed by atoms with E-state index in [1.165, 1.54) is 35.4 Å². The maximum atomic E-state index is 13.4. The number of carbonyl (C=O) groups is 1. The van der Waals surface area contributed by atoms with E-state index in [-0.39, 0.29) is 18.2 Å². The zero-order valence-electron chi connectivity index (χ0n) is 19.0. The summed E-state index contributed by atoms with van der Waals surface area (Å²) in [5, 5.41) is 2.84. The van der Waals surface area contributed by atoms with Crippen LogP contribution in [0.5, 0.6) is 5.88 Å². The molecular formula is C27H22FN3O2S. The average molecular weight is 472 g/mol. The Bertz CT molecular complexity index is 1500. The van der Waals surface area contributed by atoms with Crippen molar-refractivity contribution in [1.82, 2.24) is 14.5 Å². The third-order valence-electron chi connectivity index (χ3n) is 5.85. The number of hydrogen-bond acceptors (Lipinski definition) is 5. The van der Waals surface area contributed by atoms with Gasteiger partial charge in [-0.25, -0.2) is 14.4 Å². The molecule has 5 aromatic rings. The van der Waals surface area contributed by atoms with Crippen LogP contribution in [-0.2, 0) is 0 Å². The normalized spacial score (nSPS) is 11.2. The molecule has 0 bridgehead atoms. The maximum Gasteiger partial charge on any atom is 0.226 e. The van der Waals surface area contributed by atoms with Gasteiger partial charge in [0.15, 0.2) is 6.61 Å². The SMILES string of the molecule is Cc1ccc(-c2csc3ncnc(OCC(=O)c4cc(C)n(-c5ccc(F)cc5)c4C)c23)cc1. The van der Waals surface area contributed by atoms with E-state index in [0.717, 1.165) is 38.4 Å². The van der Waals surface area contributed by atoms with Crippen molar-refractivity contribution in [2.45, 2.75) is 20.8 Å². The molecule has 3 aromatic heterocycles. The Kier molecular flexibility index (Phi) is 5.71. The summed E-state index contributed by atoms with van der Waals surface area (Å²) in [6.07, 6.45) is 1.46. The maximum absolute atomic E-state index is 13.4. The molecule has 7 heteroatoms. The highest BCUT2D eigenvalue weighted by atomic mass is 32.1. The molecule has 0 saturated carbocycles. The molecule has 0 atom stereocenters. The molecule has 0 fully saturated rings. The minimum Gasteiger partial charge on any atom is -0.469 e. The van der Waals surface area contributed by atoms with Gasteiger partial charge in [0.25, 0.3) is 0 Å². The van der Waals surface area contributed by atoms with Crippen LogP contribution in [0.4, 0.5) is 4.39 Å². The van der Waals surface area contributed by atoms with Crippen LogP contribution in [0.2, 0.25) is 0 Å². The number of rotatable bonds is 6. The van der Waals surface area contributed by atoms with Crippen LogP contribution in [-0.4, -0.2) is 26.9 Å². The first-order chi connectivity index (χ1) is 16.4. The van der Waals surface area contributed by atoms with Gasteiger partial charge < -0.3 is 9.30 Å². The van der Waals surface area contributed by atoms with Crippen molar-refractivity contribution in [1.29, 1.82) is 0 Å². The number of halogens is 1. The highest BCUT2D eigenvalue weighted by Gasteiger charge is 2.19. The summed E-state index contributed by atoms with van der Waals surface area (Å²) in [6, 6.07) is 16.3. The summed E-state index contributed by atoms with van der Waals surface area (Å²) in [6.45, 7) is 5.69. The fourth-order valence-corrected chi connectivity index (χ4v) is 5.05. The second-order valence-corrected chi connectivity index (χ2v) is 9.04. The summed E-state index contributed by atoms with van der Waals surface area (Å²) in [5.74, 6) is -0.0617. The zero-order valence-corrected chi connectivity index (χ0v) is 19.8. The Morgan fingerprint density at radius 2 is 1.76 bits per heavy atom. The van der Waals surface area contributed by atoms with Crippen molar-refractivity contribution in [3.8, 4) is 22.7 Å². The third kappa shape index (κ3) is 3.99. The Morgan fingerprint density at radius 3 is 2.50 bits per heavy atom. The molecule has 0 saturated heterocycles. The number of ketones is 1. The van der Waals surface area contributed by atoms with E-state index in [9.17, 15) is 9.18 Å². The number of ether oxygens (including phenoxy) is 1. The Hall–Kier alpha value is -3.84. The number of thiophene rings is 1. The lowest BCUT2D eigenvalue weighted by Crippen LogP contribution is -2.13. The minimum absolute atomic E-state index is 0.150. The summed E-state index contributed by atoms with van der Waals surface area (Å²) < 4.78 is 21.2. The Balaban J connectivity index is 1.43. The van der Waals surface area contributed by atoms with Crippen molar-refractivity contribution >= 4 is 27.3 Å². The minimum atomic E-state index is -0.300. The second-order valence-electron chi connectivity index (χ2n) is 8.18. The van der Waals surface area contributed by atoms with E-state index in [1.807, 2.05) is 36.8 Å².